The number of nitrogens with two attached hydrogens (primary N) is 1. The van der Waals surface area contributed by atoms with E-state index < -0.39 is 0 Å². The summed E-state index contributed by atoms with van der Waals surface area (Å²) in [6.45, 7) is 0.384. The van der Waals surface area contributed by atoms with Gasteiger partial charge in [-0.2, -0.15) is 0 Å². The second-order valence-electron chi connectivity index (χ2n) is 4.07. The van der Waals surface area contributed by atoms with Gasteiger partial charge in [0.05, 0.1) is 0 Å². The molecular weight excluding hydrogens is 150 g/mol. The highest BCUT2D eigenvalue weighted by Crippen LogP contribution is 2.52. The Morgan fingerprint density at radius 2 is 2.17 bits per heavy atom. The minimum absolute atomic E-state index is 0.384. The van der Waals surface area contributed by atoms with Crippen LogP contribution in [0.2, 0.25) is 0 Å². The van der Waals surface area contributed by atoms with Crippen molar-refractivity contribution in [3.05, 3.63) is 11.8 Å². The quantitative estimate of drug-likeness (QED) is 0.617. The predicted molar refractivity (Wildman–Crippen MR) is 48.3 cm³/mol. The van der Waals surface area contributed by atoms with Crippen LogP contribution in [-0.2, 0) is 0 Å². The van der Waals surface area contributed by atoms with E-state index in [1.54, 1.807) is 0 Å². The molecule has 0 aromatic heterocycles. The summed E-state index contributed by atoms with van der Waals surface area (Å²) in [5.74, 6) is 2.19. The highest BCUT2D eigenvalue weighted by molar-refractivity contribution is 5.05. The number of rotatable bonds is 1. The molecule has 1 fully saturated rings. The molecule has 2 heteroatoms. The first-order chi connectivity index (χ1) is 5.83. The van der Waals surface area contributed by atoms with Crippen LogP contribution < -0.4 is 5.73 Å². The number of hydrogen-bond donors (Lipinski definition) is 2. The van der Waals surface area contributed by atoms with Gasteiger partial charge in [-0.05, 0) is 43.4 Å². The van der Waals surface area contributed by atoms with Crippen molar-refractivity contribution in [3.63, 3.8) is 0 Å². The fourth-order valence-electron chi connectivity index (χ4n) is 2.55. The molecule has 0 radical (unpaired) electrons. The Morgan fingerprint density at radius 1 is 1.42 bits per heavy atom. The molecule has 0 aliphatic heterocycles. The summed E-state index contributed by atoms with van der Waals surface area (Å²) in [6.07, 6.45) is 6.74. The van der Waals surface area contributed by atoms with Crippen molar-refractivity contribution >= 4 is 0 Å². The van der Waals surface area contributed by atoms with E-state index in [-0.39, 0.29) is 0 Å². The molecule has 12 heavy (non-hydrogen) atoms. The fraction of sp³-hybridized carbons (Fsp3) is 0.800. The Hall–Kier alpha value is -0.500. The Morgan fingerprint density at radius 3 is 2.92 bits per heavy atom. The van der Waals surface area contributed by atoms with Crippen molar-refractivity contribution in [2.75, 3.05) is 6.61 Å². The Labute approximate surface area is 73.5 Å². The molecule has 0 spiro atoms. The van der Waals surface area contributed by atoms with Gasteiger partial charge < -0.3 is 10.8 Å². The van der Waals surface area contributed by atoms with E-state index in [9.17, 15) is 0 Å². The van der Waals surface area contributed by atoms with E-state index >= 15 is 0 Å². The van der Waals surface area contributed by atoms with E-state index in [2.05, 4.69) is 6.08 Å². The minimum atomic E-state index is 0.384. The molecule has 2 aliphatic rings. The lowest BCUT2D eigenvalue weighted by atomic mass is 10.0. The van der Waals surface area contributed by atoms with Crippen LogP contribution in [0.1, 0.15) is 25.7 Å². The van der Waals surface area contributed by atoms with Crippen molar-refractivity contribution in [2.45, 2.75) is 25.7 Å². The van der Waals surface area contributed by atoms with Crippen molar-refractivity contribution in [2.24, 2.45) is 23.5 Å². The third-order valence-corrected chi connectivity index (χ3v) is 3.39. The molecule has 1 saturated carbocycles. The van der Waals surface area contributed by atoms with Gasteiger partial charge in [0.2, 0.25) is 0 Å². The maximum absolute atomic E-state index is 9.04. The molecule has 2 rings (SSSR count). The number of fused-ring (bicyclic) bond motifs is 1. The summed E-state index contributed by atoms with van der Waals surface area (Å²) < 4.78 is 0. The summed E-state index contributed by atoms with van der Waals surface area (Å²) in [5.41, 5.74) is 6.82. The number of allylic oxidation sites excluding steroid dienone is 2. The smallest absolute Gasteiger partial charge is 0.0464 e. The van der Waals surface area contributed by atoms with E-state index in [1.807, 2.05) is 0 Å². The lowest BCUT2D eigenvalue weighted by molar-refractivity contribution is 0.262. The second kappa shape index (κ2) is 3.09. The van der Waals surface area contributed by atoms with Crippen LogP contribution in [0.5, 0.6) is 0 Å². The van der Waals surface area contributed by atoms with Crippen LogP contribution in [0.15, 0.2) is 11.8 Å². The zero-order valence-corrected chi connectivity index (χ0v) is 7.37. The van der Waals surface area contributed by atoms with E-state index in [0.29, 0.717) is 12.5 Å². The molecule has 0 heterocycles. The topological polar surface area (TPSA) is 46.2 Å². The summed E-state index contributed by atoms with van der Waals surface area (Å²) >= 11 is 0. The molecule has 68 valence electrons. The molecule has 2 aliphatic carbocycles. The Bertz CT molecular complexity index is 200. The molecule has 2 nitrogen and oxygen atoms in total. The highest BCUT2D eigenvalue weighted by Gasteiger charge is 2.48. The van der Waals surface area contributed by atoms with Gasteiger partial charge in [0.15, 0.2) is 0 Å². The summed E-state index contributed by atoms with van der Waals surface area (Å²) in [6, 6.07) is 0. The molecule has 0 bridgehead atoms. The summed E-state index contributed by atoms with van der Waals surface area (Å²) in [4.78, 5) is 0. The number of aliphatic hydroxyl groups is 1. The number of hydrogen-bond acceptors (Lipinski definition) is 2. The van der Waals surface area contributed by atoms with Gasteiger partial charge in [-0.15, -0.1) is 0 Å². The first kappa shape index (κ1) is 8.11. The molecule has 0 amide bonds. The first-order valence-electron chi connectivity index (χ1n) is 4.88. The van der Waals surface area contributed by atoms with Crippen LogP contribution in [0.4, 0.5) is 0 Å². The van der Waals surface area contributed by atoms with Gasteiger partial charge >= 0.3 is 0 Å². The zero-order chi connectivity index (χ0) is 8.55. The Kier molecular flexibility index (Phi) is 2.09. The fourth-order valence-corrected chi connectivity index (χ4v) is 2.55. The van der Waals surface area contributed by atoms with E-state index in [4.69, 9.17) is 10.8 Å². The van der Waals surface area contributed by atoms with Gasteiger partial charge in [-0.25, -0.2) is 0 Å². The van der Waals surface area contributed by atoms with Gasteiger partial charge in [-0.1, -0.05) is 6.08 Å². The third-order valence-electron chi connectivity index (χ3n) is 3.39. The standard InChI is InChI=1S/C10H17NO/c11-7-2-1-3-8-9(5-4-7)10(8)6-12/h2,8-10,12H,1,3-6,11H2/b7-2+. The van der Waals surface area contributed by atoms with Gasteiger partial charge in [0.1, 0.15) is 0 Å². The number of aliphatic hydroxyl groups excluding tert-OH is 1. The SMILES string of the molecule is N/C1=C/CCC2C(CO)C2CC1. The summed E-state index contributed by atoms with van der Waals surface area (Å²) in [7, 11) is 0. The lowest BCUT2D eigenvalue weighted by Crippen LogP contribution is -2.00. The first-order valence-corrected chi connectivity index (χ1v) is 4.88. The maximum atomic E-state index is 9.04. The monoisotopic (exact) mass is 167 g/mol. The van der Waals surface area contributed by atoms with Crippen LogP contribution in [0.3, 0.4) is 0 Å². The van der Waals surface area contributed by atoms with Crippen molar-refractivity contribution in [3.8, 4) is 0 Å². The van der Waals surface area contributed by atoms with Crippen LogP contribution in [-0.4, -0.2) is 11.7 Å². The molecular formula is C10H17NO. The normalized spacial score (nSPS) is 45.1. The van der Waals surface area contributed by atoms with Gasteiger partial charge in [0.25, 0.3) is 0 Å². The van der Waals surface area contributed by atoms with Gasteiger partial charge in [-0.3, -0.25) is 0 Å². The average molecular weight is 167 g/mol. The van der Waals surface area contributed by atoms with Crippen molar-refractivity contribution in [1.29, 1.82) is 0 Å². The molecule has 0 saturated heterocycles. The third kappa shape index (κ3) is 1.36. The van der Waals surface area contributed by atoms with Crippen molar-refractivity contribution in [1.82, 2.24) is 0 Å². The van der Waals surface area contributed by atoms with E-state index in [1.165, 1.54) is 12.8 Å². The highest BCUT2D eigenvalue weighted by atomic mass is 16.3. The summed E-state index contributed by atoms with van der Waals surface area (Å²) in [5, 5.41) is 9.04. The predicted octanol–water partition coefficient (Wildman–Crippen LogP) is 1.26. The molecule has 3 N–H and O–H groups in total. The molecule has 3 atom stereocenters. The zero-order valence-electron chi connectivity index (χ0n) is 7.37. The van der Waals surface area contributed by atoms with Crippen molar-refractivity contribution < 1.29 is 5.11 Å². The molecule has 3 unspecified atom stereocenters. The van der Waals surface area contributed by atoms with Crippen LogP contribution in [0, 0.1) is 17.8 Å². The minimum Gasteiger partial charge on any atom is -0.402 e. The molecule has 0 aromatic carbocycles. The van der Waals surface area contributed by atoms with Gasteiger partial charge in [0, 0.05) is 12.3 Å². The van der Waals surface area contributed by atoms with Crippen LogP contribution >= 0.6 is 0 Å². The van der Waals surface area contributed by atoms with E-state index in [0.717, 1.165) is 30.4 Å². The maximum Gasteiger partial charge on any atom is 0.0464 e. The lowest BCUT2D eigenvalue weighted by Gasteiger charge is -2.05. The Balaban J connectivity index is 1.93. The van der Waals surface area contributed by atoms with Crippen LogP contribution in [0.25, 0.3) is 0 Å². The molecule has 0 aromatic rings. The average Bonchev–Trinajstić information content (AvgIpc) is 2.70. The largest absolute Gasteiger partial charge is 0.402 e. The second-order valence-corrected chi connectivity index (χ2v) is 4.07.